The highest BCUT2D eigenvalue weighted by Crippen LogP contribution is 2.52. The Morgan fingerprint density at radius 1 is 0.847 bits per heavy atom. The minimum atomic E-state index is -3.76. The van der Waals surface area contributed by atoms with Gasteiger partial charge >= 0.3 is 6.29 Å². The lowest BCUT2D eigenvalue weighted by atomic mass is 9.92. The second-order valence-electron chi connectivity index (χ2n) is 17.2. The van der Waals surface area contributed by atoms with E-state index in [1.807, 2.05) is 32.0 Å². The molecule has 1 aliphatic heterocycles. The first-order chi connectivity index (χ1) is 34.8. The highest BCUT2D eigenvalue weighted by molar-refractivity contribution is 6.01. The minimum Gasteiger partial charge on any atom is -0.508 e. The molecule has 5 heterocycles. The number of nitrogens with zero attached hydrogens (tertiary/aromatic N) is 6. The number of ether oxygens (including phenoxy) is 4. The summed E-state index contributed by atoms with van der Waals surface area (Å²) in [5, 5.41) is 26.6. The molecule has 0 bridgehead atoms. The van der Waals surface area contributed by atoms with E-state index < -0.39 is 11.7 Å². The zero-order valence-corrected chi connectivity index (χ0v) is 39.3. The third-order valence-corrected chi connectivity index (χ3v) is 12.3. The van der Waals surface area contributed by atoms with Crippen LogP contribution in [0.3, 0.4) is 0 Å². The number of fused-ring (bicyclic) bond motifs is 1. The average Bonchev–Trinajstić information content (AvgIpc) is 3.96. The van der Waals surface area contributed by atoms with Crippen molar-refractivity contribution in [2.75, 3.05) is 42.7 Å². The molecule has 0 radical (unpaired) electrons. The zero-order chi connectivity index (χ0) is 50.4. The van der Waals surface area contributed by atoms with E-state index in [9.17, 15) is 28.3 Å². The Balaban J connectivity index is 0.675. The van der Waals surface area contributed by atoms with Gasteiger partial charge in [-0.15, -0.1) is 13.9 Å². The van der Waals surface area contributed by atoms with E-state index in [1.54, 1.807) is 83.9 Å². The number of phenols is 1. The number of halogens is 2. The lowest BCUT2D eigenvalue weighted by Gasteiger charge is -2.17. The van der Waals surface area contributed by atoms with Crippen molar-refractivity contribution in [2.45, 2.75) is 64.4 Å². The first-order valence-electron chi connectivity index (χ1n) is 23.2. The highest BCUT2D eigenvalue weighted by Gasteiger charge is 2.53. The van der Waals surface area contributed by atoms with E-state index in [1.165, 1.54) is 12.1 Å². The Bertz CT molecular complexity index is 3130. The van der Waals surface area contributed by atoms with Crippen LogP contribution < -0.4 is 31.2 Å². The molecule has 0 unspecified atom stereocenters. The molecule has 2 aliphatic rings. The van der Waals surface area contributed by atoms with Crippen molar-refractivity contribution in [3.8, 4) is 50.8 Å². The van der Waals surface area contributed by atoms with Crippen molar-refractivity contribution in [3.63, 3.8) is 0 Å². The lowest BCUT2D eigenvalue weighted by molar-refractivity contribution is -0.286. The summed E-state index contributed by atoms with van der Waals surface area (Å²) in [5.74, 6) is 0.178. The summed E-state index contributed by atoms with van der Waals surface area (Å²) in [6, 6.07) is 25.3. The Morgan fingerprint density at radius 2 is 1.62 bits per heavy atom. The number of pyridine rings is 3. The number of nitrogen functional groups attached to an aromatic ring is 1. The number of hydrogen-bond acceptors (Lipinski definition) is 14. The molecule has 370 valence electrons. The molecule has 0 saturated heterocycles. The number of anilines is 3. The van der Waals surface area contributed by atoms with Crippen LogP contribution in [0.5, 0.6) is 17.2 Å². The van der Waals surface area contributed by atoms with E-state index in [-0.39, 0.29) is 74.4 Å². The smallest absolute Gasteiger partial charge is 0.508 e. The molecular formula is C52H50F2N10O8. The fourth-order valence-corrected chi connectivity index (χ4v) is 8.38. The molecular weight excluding hydrogens is 931 g/mol. The van der Waals surface area contributed by atoms with Crippen molar-refractivity contribution in [3.05, 3.63) is 138 Å². The summed E-state index contributed by atoms with van der Waals surface area (Å²) in [5.41, 5.74) is 13.3. The van der Waals surface area contributed by atoms with Crippen LogP contribution in [0.1, 0.15) is 58.9 Å². The highest BCUT2D eigenvalue weighted by atomic mass is 19.3. The number of amides is 3. The first-order valence-corrected chi connectivity index (χ1v) is 23.2. The van der Waals surface area contributed by atoms with Gasteiger partial charge in [-0.3, -0.25) is 19.1 Å². The SMILES string of the molecule is CCc1c(-c2ccc(NC(=O)CCOCCOCc3cn(CCNC(=O)c4cccc(-c5nc(NC(=O)C6(c7ccc8c(c7)OC(F)(F)O8)CC6)ccc5C)c4)nn3)nc2)cnc(N)c1-c1ccc(O)cc1. The number of benzene rings is 3. The zero-order valence-electron chi connectivity index (χ0n) is 39.3. The second kappa shape index (κ2) is 20.9. The fourth-order valence-electron chi connectivity index (χ4n) is 8.38. The molecule has 1 saturated carbocycles. The van der Waals surface area contributed by atoms with Crippen LogP contribution in [-0.2, 0) is 44.1 Å². The molecule has 18 nitrogen and oxygen atoms in total. The van der Waals surface area contributed by atoms with Gasteiger partial charge in [0, 0.05) is 46.8 Å². The van der Waals surface area contributed by atoms with Gasteiger partial charge in [-0.05, 0) is 103 Å². The van der Waals surface area contributed by atoms with Crippen molar-refractivity contribution >= 4 is 35.2 Å². The molecule has 72 heavy (non-hydrogen) atoms. The molecule has 1 aliphatic carbocycles. The van der Waals surface area contributed by atoms with Gasteiger partial charge in [0.15, 0.2) is 11.5 Å². The number of phenolic OH excluding ortho intramolecular Hbond substituents is 1. The standard InChI is InChI=1S/C52H50F2N10O8/c1-3-39-40(28-58-48(55)46(39)32-8-12-38(65)13-9-32)35-10-16-43(57-27-35)59-45(66)17-22-69-23-24-70-30-37-29-64(63-62-37)21-20-56-49(67)34-6-4-5-33(25-34)47-31(2)7-15-44(60-47)61-50(68)51(18-19-51)36-11-14-41-42(26-36)72-52(53,54)71-41/h4-16,25-29,65H,3,17-24,30H2,1-2H3,(H2,55,58)(H,56,67)(H,57,59,66)(H,60,61,68). The molecule has 20 heteroatoms. The second-order valence-corrected chi connectivity index (χ2v) is 17.2. The normalized spacial score (nSPS) is 13.9. The number of aryl methyl sites for hydroxylation is 1. The van der Waals surface area contributed by atoms with E-state index in [2.05, 4.69) is 45.7 Å². The maximum absolute atomic E-state index is 13.6. The molecule has 4 aromatic heterocycles. The molecule has 6 N–H and O–H groups in total. The molecule has 1 fully saturated rings. The van der Waals surface area contributed by atoms with Crippen molar-refractivity contribution in [1.29, 1.82) is 0 Å². The predicted molar refractivity (Wildman–Crippen MR) is 261 cm³/mol. The van der Waals surface area contributed by atoms with Crippen LogP contribution in [0.25, 0.3) is 33.5 Å². The van der Waals surface area contributed by atoms with Crippen LogP contribution in [0.15, 0.2) is 110 Å². The third kappa shape index (κ3) is 11.1. The van der Waals surface area contributed by atoms with Crippen molar-refractivity contribution < 1.29 is 47.2 Å². The summed E-state index contributed by atoms with van der Waals surface area (Å²) in [6.07, 6.45) is 3.22. The van der Waals surface area contributed by atoms with Gasteiger partial charge in [-0.25, -0.2) is 15.0 Å². The summed E-state index contributed by atoms with van der Waals surface area (Å²) < 4.78 is 49.2. The van der Waals surface area contributed by atoms with Crippen LogP contribution in [0.4, 0.5) is 26.2 Å². The van der Waals surface area contributed by atoms with Crippen molar-refractivity contribution in [2.24, 2.45) is 0 Å². The number of hydrogen-bond donors (Lipinski definition) is 5. The van der Waals surface area contributed by atoms with Gasteiger partial charge in [-0.2, -0.15) is 0 Å². The van der Waals surface area contributed by atoms with E-state index in [0.717, 1.165) is 33.4 Å². The van der Waals surface area contributed by atoms with E-state index >= 15 is 0 Å². The summed E-state index contributed by atoms with van der Waals surface area (Å²) >= 11 is 0. The number of aromatic hydroxyl groups is 1. The van der Waals surface area contributed by atoms with Gasteiger partial charge in [0.1, 0.15) is 28.9 Å². The van der Waals surface area contributed by atoms with Crippen LogP contribution in [0, 0.1) is 6.92 Å². The number of carbonyl (C=O) groups excluding carboxylic acids is 3. The van der Waals surface area contributed by atoms with E-state index in [0.29, 0.717) is 71.3 Å². The number of rotatable bonds is 20. The van der Waals surface area contributed by atoms with Crippen molar-refractivity contribution in [1.82, 2.24) is 35.3 Å². The maximum Gasteiger partial charge on any atom is 0.586 e. The summed E-state index contributed by atoms with van der Waals surface area (Å²) in [6.45, 7) is 5.45. The van der Waals surface area contributed by atoms with Crippen LogP contribution >= 0.6 is 0 Å². The predicted octanol–water partition coefficient (Wildman–Crippen LogP) is 7.61. The van der Waals surface area contributed by atoms with Gasteiger partial charge in [-0.1, -0.05) is 48.5 Å². The molecule has 0 atom stereocenters. The van der Waals surface area contributed by atoms with Gasteiger partial charge in [0.25, 0.3) is 5.91 Å². The Labute approximate surface area is 411 Å². The fraction of sp³-hybridized carbons (Fsp3) is 0.269. The van der Waals surface area contributed by atoms with Crippen LogP contribution in [0.2, 0.25) is 0 Å². The molecule has 3 aromatic carbocycles. The molecule has 9 rings (SSSR count). The molecule has 0 spiro atoms. The topological polar surface area (TPSA) is 240 Å². The van der Waals surface area contributed by atoms with Gasteiger partial charge in [0.05, 0.1) is 56.7 Å². The number of nitrogens with one attached hydrogen (secondary N) is 3. The number of carbonyl (C=O) groups is 3. The molecule has 7 aromatic rings. The summed E-state index contributed by atoms with van der Waals surface area (Å²) in [7, 11) is 0. The Morgan fingerprint density at radius 3 is 2.40 bits per heavy atom. The number of aromatic nitrogens is 6. The maximum atomic E-state index is 13.6. The Kier molecular flexibility index (Phi) is 14.1. The quantitative estimate of drug-likeness (QED) is 0.0462. The monoisotopic (exact) mass is 980 g/mol. The minimum absolute atomic E-state index is 0.0892. The van der Waals surface area contributed by atoms with Crippen LogP contribution in [-0.4, -0.2) is 85.4 Å². The lowest BCUT2D eigenvalue weighted by Crippen LogP contribution is -2.28. The molecule has 3 amide bonds. The first kappa shape index (κ1) is 48.7. The van der Waals surface area contributed by atoms with Gasteiger partial charge < -0.3 is 45.7 Å². The third-order valence-electron chi connectivity index (χ3n) is 12.3. The Hall–Kier alpha value is -8.36. The average molecular weight is 981 g/mol. The number of nitrogens with two attached hydrogens (primary N) is 1. The van der Waals surface area contributed by atoms with E-state index in [4.69, 9.17) is 20.2 Å². The largest absolute Gasteiger partial charge is 0.586 e. The van der Waals surface area contributed by atoms with Gasteiger partial charge in [0.2, 0.25) is 11.8 Å². The summed E-state index contributed by atoms with van der Waals surface area (Å²) in [4.78, 5) is 53.0. The number of alkyl halides is 2.